The van der Waals surface area contributed by atoms with Gasteiger partial charge in [0.05, 0.1) is 10.6 Å². The van der Waals surface area contributed by atoms with Gasteiger partial charge in [-0.2, -0.15) is 0 Å². The molecule has 0 atom stereocenters. The maximum Gasteiger partial charge on any atom is 0.0897 e. The van der Waals surface area contributed by atoms with Crippen molar-refractivity contribution >= 4 is 11.3 Å². The van der Waals surface area contributed by atoms with E-state index in [1.165, 1.54) is 4.88 Å². The predicted molar refractivity (Wildman–Crippen MR) is 59.6 cm³/mol. The summed E-state index contributed by atoms with van der Waals surface area (Å²) >= 11 is 1.73. The summed E-state index contributed by atoms with van der Waals surface area (Å²) in [5.74, 6) is 0. The molecular weight excluding hydrogens is 196 g/mol. The Labute approximate surface area is 89.5 Å². The molecule has 80 valence electrons. The van der Waals surface area contributed by atoms with E-state index in [4.69, 9.17) is 4.74 Å². The standard InChI is InChI=1S/C10H18N2OS/c1-8-12-6-9(14-8)5-11-7-10(2,3)13-4/h6,11H,5,7H2,1-4H3. The molecular formula is C10H18N2OS. The average Bonchev–Trinajstić information content (AvgIpc) is 2.51. The highest BCUT2D eigenvalue weighted by atomic mass is 32.1. The van der Waals surface area contributed by atoms with E-state index in [2.05, 4.69) is 24.1 Å². The number of rotatable bonds is 5. The fourth-order valence-electron chi connectivity index (χ4n) is 1.05. The number of thiazole rings is 1. The second kappa shape index (κ2) is 4.87. The maximum atomic E-state index is 5.31. The molecule has 1 rings (SSSR count). The van der Waals surface area contributed by atoms with Gasteiger partial charge in [0.25, 0.3) is 0 Å². The molecule has 1 heterocycles. The van der Waals surface area contributed by atoms with E-state index in [0.717, 1.165) is 18.1 Å². The maximum absolute atomic E-state index is 5.31. The van der Waals surface area contributed by atoms with Gasteiger partial charge in [0.2, 0.25) is 0 Å². The molecule has 4 heteroatoms. The SMILES string of the molecule is COC(C)(C)CNCc1cnc(C)s1. The molecule has 0 aliphatic heterocycles. The van der Waals surface area contributed by atoms with Crippen LogP contribution in [0.1, 0.15) is 23.7 Å². The Morgan fingerprint density at radius 3 is 2.79 bits per heavy atom. The smallest absolute Gasteiger partial charge is 0.0897 e. The monoisotopic (exact) mass is 214 g/mol. The Hall–Kier alpha value is -0.450. The summed E-state index contributed by atoms with van der Waals surface area (Å²) < 4.78 is 5.31. The largest absolute Gasteiger partial charge is 0.377 e. The van der Waals surface area contributed by atoms with Crippen LogP contribution in [0.15, 0.2) is 6.20 Å². The third kappa shape index (κ3) is 3.74. The van der Waals surface area contributed by atoms with Gasteiger partial charge in [-0.05, 0) is 20.8 Å². The van der Waals surface area contributed by atoms with Gasteiger partial charge in [-0.25, -0.2) is 4.98 Å². The molecule has 0 amide bonds. The van der Waals surface area contributed by atoms with E-state index in [0.29, 0.717) is 0 Å². The van der Waals surface area contributed by atoms with Crippen molar-refractivity contribution in [1.29, 1.82) is 0 Å². The van der Waals surface area contributed by atoms with Gasteiger partial charge in [0.1, 0.15) is 0 Å². The van der Waals surface area contributed by atoms with Crippen molar-refractivity contribution < 1.29 is 4.74 Å². The number of aryl methyl sites for hydroxylation is 1. The molecule has 0 unspecified atom stereocenters. The van der Waals surface area contributed by atoms with Crippen molar-refractivity contribution in [3.8, 4) is 0 Å². The van der Waals surface area contributed by atoms with E-state index in [1.54, 1.807) is 18.4 Å². The van der Waals surface area contributed by atoms with Gasteiger partial charge in [-0.3, -0.25) is 0 Å². The van der Waals surface area contributed by atoms with Gasteiger partial charge < -0.3 is 10.1 Å². The number of hydrogen-bond acceptors (Lipinski definition) is 4. The van der Waals surface area contributed by atoms with Gasteiger partial charge in [0.15, 0.2) is 0 Å². The van der Waals surface area contributed by atoms with E-state index >= 15 is 0 Å². The third-order valence-corrected chi connectivity index (χ3v) is 2.98. The summed E-state index contributed by atoms with van der Waals surface area (Å²) in [5.41, 5.74) is -0.0975. The Kier molecular flexibility index (Phi) is 4.04. The van der Waals surface area contributed by atoms with Crippen molar-refractivity contribution in [2.45, 2.75) is 32.9 Å². The fraction of sp³-hybridized carbons (Fsp3) is 0.700. The van der Waals surface area contributed by atoms with E-state index in [-0.39, 0.29) is 5.60 Å². The van der Waals surface area contributed by atoms with Crippen LogP contribution in [0, 0.1) is 6.92 Å². The zero-order chi connectivity index (χ0) is 10.6. The molecule has 3 nitrogen and oxygen atoms in total. The van der Waals surface area contributed by atoms with E-state index in [1.807, 2.05) is 13.1 Å². The molecule has 0 saturated carbocycles. The van der Waals surface area contributed by atoms with Crippen LogP contribution in [-0.2, 0) is 11.3 Å². The molecule has 0 saturated heterocycles. The second-order valence-electron chi connectivity index (χ2n) is 3.91. The molecule has 1 aromatic rings. The van der Waals surface area contributed by atoms with Crippen LogP contribution in [-0.4, -0.2) is 24.2 Å². The number of methoxy groups -OCH3 is 1. The topological polar surface area (TPSA) is 34.1 Å². The van der Waals surface area contributed by atoms with Crippen LogP contribution in [0.3, 0.4) is 0 Å². The molecule has 0 fully saturated rings. The van der Waals surface area contributed by atoms with Gasteiger partial charge in [0, 0.05) is 31.3 Å². The molecule has 0 aliphatic carbocycles. The molecule has 0 bridgehead atoms. The van der Waals surface area contributed by atoms with Crippen LogP contribution in [0.2, 0.25) is 0 Å². The zero-order valence-corrected chi connectivity index (χ0v) is 10.1. The highest BCUT2D eigenvalue weighted by molar-refractivity contribution is 7.11. The van der Waals surface area contributed by atoms with E-state index in [9.17, 15) is 0 Å². The quantitative estimate of drug-likeness (QED) is 0.813. The molecule has 1 N–H and O–H groups in total. The number of hydrogen-bond donors (Lipinski definition) is 1. The summed E-state index contributed by atoms with van der Waals surface area (Å²) in [6.07, 6.45) is 1.92. The molecule has 0 spiro atoms. The van der Waals surface area contributed by atoms with E-state index < -0.39 is 0 Å². The lowest BCUT2D eigenvalue weighted by molar-refractivity contribution is 0.0231. The minimum atomic E-state index is -0.0975. The molecule has 0 aromatic carbocycles. The van der Waals surface area contributed by atoms with Crippen LogP contribution in [0.5, 0.6) is 0 Å². The summed E-state index contributed by atoms with van der Waals surface area (Å²) in [4.78, 5) is 5.47. The zero-order valence-electron chi connectivity index (χ0n) is 9.26. The second-order valence-corrected chi connectivity index (χ2v) is 5.23. The number of aromatic nitrogens is 1. The predicted octanol–water partition coefficient (Wildman–Crippen LogP) is 1.97. The van der Waals surface area contributed by atoms with Gasteiger partial charge >= 0.3 is 0 Å². The Balaban J connectivity index is 2.28. The summed E-state index contributed by atoms with van der Waals surface area (Å²) in [5, 5.41) is 4.47. The normalized spacial score (nSPS) is 12.0. The summed E-state index contributed by atoms with van der Waals surface area (Å²) in [7, 11) is 1.73. The van der Waals surface area contributed by atoms with Crippen LogP contribution in [0.25, 0.3) is 0 Å². The highest BCUT2D eigenvalue weighted by Crippen LogP contribution is 2.11. The first-order chi connectivity index (χ1) is 6.53. The minimum Gasteiger partial charge on any atom is -0.377 e. The Morgan fingerprint density at radius 1 is 1.57 bits per heavy atom. The first-order valence-corrected chi connectivity index (χ1v) is 5.52. The Morgan fingerprint density at radius 2 is 2.29 bits per heavy atom. The van der Waals surface area contributed by atoms with Crippen molar-refractivity contribution in [1.82, 2.24) is 10.3 Å². The van der Waals surface area contributed by atoms with Crippen molar-refractivity contribution in [3.05, 3.63) is 16.1 Å². The third-order valence-electron chi connectivity index (χ3n) is 2.07. The first kappa shape index (κ1) is 11.6. The van der Waals surface area contributed by atoms with Crippen LogP contribution in [0.4, 0.5) is 0 Å². The van der Waals surface area contributed by atoms with Gasteiger partial charge in [-0.1, -0.05) is 0 Å². The lowest BCUT2D eigenvalue weighted by atomic mass is 10.1. The highest BCUT2D eigenvalue weighted by Gasteiger charge is 2.15. The Bertz CT molecular complexity index is 283. The number of ether oxygens (including phenoxy) is 1. The van der Waals surface area contributed by atoms with Crippen LogP contribution < -0.4 is 5.32 Å². The molecule has 1 aromatic heterocycles. The first-order valence-electron chi connectivity index (χ1n) is 4.71. The van der Waals surface area contributed by atoms with Crippen LogP contribution >= 0.6 is 11.3 Å². The van der Waals surface area contributed by atoms with Crippen molar-refractivity contribution in [2.24, 2.45) is 0 Å². The molecule has 0 aliphatic rings. The fourth-order valence-corrected chi connectivity index (χ4v) is 1.81. The summed E-state index contributed by atoms with van der Waals surface area (Å²) in [6.45, 7) is 7.88. The number of nitrogens with one attached hydrogen (secondary N) is 1. The number of nitrogens with zero attached hydrogens (tertiary/aromatic N) is 1. The average molecular weight is 214 g/mol. The van der Waals surface area contributed by atoms with Crippen molar-refractivity contribution in [3.63, 3.8) is 0 Å². The minimum absolute atomic E-state index is 0.0975. The van der Waals surface area contributed by atoms with Crippen molar-refractivity contribution in [2.75, 3.05) is 13.7 Å². The van der Waals surface area contributed by atoms with Gasteiger partial charge in [-0.15, -0.1) is 11.3 Å². The molecule has 0 radical (unpaired) electrons. The lowest BCUT2D eigenvalue weighted by Gasteiger charge is -2.22. The molecule has 14 heavy (non-hydrogen) atoms. The summed E-state index contributed by atoms with van der Waals surface area (Å²) in [6, 6.07) is 0. The lowest BCUT2D eigenvalue weighted by Crippen LogP contribution is -2.36.